The topological polar surface area (TPSA) is 39.7 Å². The maximum atomic E-state index is 13.2. The predicted octanol–water partition coefficient (Wildman–Crippen LogP) is 2.60. The Balaban J connectivity index is 1.51. The summed E-state index contributed by atoms with van der Waals surface area (Å²) in [6.07, 6.45) is 2.10. The lowest BCUT2D eigenvalue weighted by molar-refractivity contribution is -0.138. The molecule has 4 rings (SSSR count). The fourth-order valence-electron chi connectivity index (χ4n) is 3.93. The van der Waals surface area contributed by atoms with Gasteiger partial charge in [0.05, 0.1) is 22.3 Å². The van der Waals surface area contributed by atoms with E-state index in [2.05, 4.69) is 46.9 Å². The number of rotatable bonds is 3. The predicted molar refractivity (Wildman–Crippen MR) is 102 cm³/mol. The van der Waals surface area contributed by atoms with Crippen LogP contribution in [0.1, 0.15) is 30.8 Å². The van der Waals surface area contributed by atoms with Gasteiger partial charge in [-0.1, -0.05) is 12.1 Å². The second kappa shape index (κ2) is 7.02. The number of hydrogen-bond donors (Lipinski definition) is 0. The lowest BCUT2D eigenvalue weighted by Crippen LogP contribution is -2.53. The third-order valence-corrected chi connectivity index (χ3v) is 6.71. The Hall–Kier alpha value is -1.50. The highest BCUT2D eigenvalue weighted by Crippen LogP contribution is 2.37. The fraction of sp³-hybridized carbons (Fsp3) is 0.579. The van der Waals surface area contributed by atoms with E-state index in [0.717, 1.165) is 56.1 Å². The molecular weight excluding hydrogens is 332 g/mol. The van der Waals surface area contributed by atoms with Crippen molar-refractivity contribution in [1.29, 1.82) is 0 Å². The van der Waals surface area contributed by atoms with Crippen molar-refractivity contribution in [3.63, 3.8) is 0 Å². The Morgan fingerprint density at radius 3 is 2.72 bits per heavy atom. The number of nitrogens with zero attached hydrogens (tertiary/aromatic N) is 4. The van der Waals surface area contributed by atoms with Crippen molar-refractivity contribution < 1.29 is 4.79 Å². The molecule has 1 amide bonds. The SMILES string of the molecule is CC(C(=O)N1CCCC1c1nc2ccccc2s1)N1CCN(C)CC1. The van der Waals surface area contributed by atoms with Crippen LogP contribution in [0.3, 0.4) is 0 Å². The molecule has 2 fully saturated rings. The molecule has 2 unspecified atom stereocenters. The molecule has 0 aliphatic carbocycles. The van der Waals surface area contributed by atoms with E-state index in [1.165, 1.54) is 4.70 Å². The van der Waals surface area contributed by atoms with Gasteiger partial charge >= 0.3 is 0 Å². The van der Waals surface area contributed by atoms with Crippen LogP contribution in [-0.4, -0.2) is 71.4 Å². The monoisotopic (exact) mass is 358 g/mol. The summed E-state index contributed by atoms with van der Waals surface area (Å²) < 4.78 is 1.21. The number of carbonyl (C=O) groups excluding carboxylic acids is 1. The molecule has 2 aliphatic heterocycles. The molecule has 0 saturated carbocycles. The van der Waals surface area contributed by atoms with Gasteiger partial charge in [-0.05, 0) is 38.9 Å². The summed E-state index contributed by atoms with van der Waals surface area (Å²) in [5, 5.41) is 1.10. The number of likely N-dealkylation sites (tertiary alicyclic amines) is 1. The van der Waals surface area contributed by atoms with Crippen LogP contribution in [0.5, 0.6) is 0 Å². The molecule has 1 aromatic heterocycles. The molecule has 6 heteroatoms. The first-order valence-corrected chi connectivity index (χ1v) is 10.0. The molecular formula is C19H26N4OS. The summed E-state index contributed by atoms with van der Waals surface area (Å²) in [5.74, 6) is 0.270. The summed E-state index contributed by atoms with van der Waals surface area (Å²) in [6.45, 7) is 6.96. The standard InChI is InChI=1S/C19H26N4OS/c1-14(22-12-10-21(2)11-13-22)19(24)23-9-5-7-16(23)18-20-15-6-3-4-8-17(15)25-18/h3-4,6,8,14,16H,5,7,9-13H2,1-2H3. The van der Waals surface area contributed by atoms with Gasteiger partial charge in [0.2, 0.25) is 5.91 Å². The maximum absolute atomic E-state index is 13.2. The van der Waals surface area contributed by atoms with E-state index < -0.39 is 0 Å². The molecule has 2 aromatic rings. The minimum absolute atomic E-state index is 0.0383. The minimum atomic E-state index is -0.0383. The van der Waals surface area contributed by atoms with Gasteiger partial charge in [-0.15, -0.1) is 11.3 Å². The van der Waals surface area contributed by atoms with Crippen LogP contribution < -0.4 is 0 Å². The summed E-state index contributed by atoms with van der Waals surface area (Å²) in [6, 6.07) is 8.37. The highest BCUT2D eigenvalue weighted by atomic mass is 32.1. The Morgan fingerprint density at radius 2 is 1.96 bits per heavy atom. The summed E-state index contributed by atoms with van der Waals surface area (Å²) in [5.41, 5.74) is 1.05. The van der Waals surface area contributed by atoms with Crippen molar-refractivity contribution in [2.45, 2.75) is 31.8 Å². The zero-order chi connectivity index (χ0) is 17.4. The van der Waals surface area contributed by atoms with Gasteiger partial charge in [-0.25, -0.2) is 4.98 Å². The number of carbonyl (C=O) groups is 1. The van der Waals surface area contributed by atoms with Crippen molar-refractivity contribution in [3.05, 3.63) is 29.3 Å². The molecule has 3 heterocycles. The van der Waals surface area contributed by atoms with Gasteiger partial charge in [0, 0.05) is 32.7 Å². The van der Waals surface area contributed by atoms with Crippen molar-refractivity contribution in [3.8, 4) is 0 Å². The Bertz CT molecular complexity index is 720. The number of thiazole rings is 1. The Morgan fingerprint density at radius 1 is 1.20 bits per heavy atom. The van der Waals surface area contributed by atoms with E-state index in [9.17, 15) is 4.79 Å². The third kappa shape index (κ3) is 3.30. The number of hydrogen-bond acceptors (Lipinski definition) is 5. The van der Waals surface area contributed by atoms with E-state index in [0.29, 0.717) is 0 Å². The normalized spacial score (nSPS) is 24.1. The molecule has 0 spiro atoms. The lowest BCUT2D eigenvalue weighted by atomic mass is 10.1. The number of likely N-dealkylation sites (N-methyl/N-ethyl adjacent to an activating group) is 1. The summed E-state index contributed by atoms with van der Waals surface area (Å²) in [7, 11) is 2.15. The van der Waals surface area contributed by atoms with Gasteiger partial charge in [0.1, 0.15) is 5.01 Å². The van der Waals surface area contributed by atoms with Crippen molar-refractivity contribution in [2.24, 2.45) is 0 Å². The average Bonchev–Trinajstić information content (AvgIpc) is 3.27. The van der Waals surface area contributed by atoms with Gasteiger partial charge in [0.15, 0.2) is 0 Å². The van der Waals surface area contributed by atoms with Crippen LogP contribution in [0, 0.1) is 0 Å². The molecule has 134 valence electrons. The average molecular weight is 359 g/mol. The third-order valence-electron chi connectivity index (χ3n) is 5.57. The van der Waals surface area contributed by atoms with E-state index in [1.54, 1.807) is 11.3 Å². The molecule has 0 N–H and O–H groups in total. The second-order valence-electron chi connectivity index (χ2n) is 7.22. The lowest BCUT2D eigenvalue weighted by Gasteiger charge is -2.37. The fourth-order valence-corrected chi connectivity index (χ4v) is 5.04. The molecule has 0 radical (unpaired) electrons. The second-order valence-corrected chi connectivity index (χ2v) is 8.29. The molecule has 2 saturated heterocycles. The Kier molecular flexibility index (Phi) is 4.75. The van der Waals surface area contributed by atoms with E-state index in [4.69, 9.17) is 4.98 Å². The van der Waals surface area contributed by atoms with Gasteiger partial charge in [-0.3, -0.25) is 9.69 Å². The van der Waals surface area contributed by atoms with Gasteiger partial charge < -0.3 is 9.80 Å². The molecule has 5 nitrogen and oxygen atoms in total. The summed E-state index contributed by atoms with van der Waals surface area (Å²) in [4.78, 5) is 24.7. The number of aromatic nitrogens is 1. The van der Waals surface area contributed by atoms with Gasteiger partial charge in [0.25, 0.3) is 0 Å². The first-order chi connectivity index (χ1) is 12.1. The zero-order valence-electron chi connectivity index (χ0n) is 15.0. The molecule has 25 heavy (non-hydrogen) atoms. The Labute approximate surface area is 153 Å². The number of benzene rings is 1. The number of amides is 1. The van der Waals surface area contributed by atoms with E-state index in [1.807, 2.05) is 6.07 Å². The van der Waals surface area contributed by atoms with Crippen LogP contribution in [0.15, 0.2) is 24.3 Å². The van der Waals surface area contributed by atoms with Crippen LogP contribution >= 0.6 is 11.3 Å². The highest BCUT2D eigenvalue weighted by Gasteiger charge is 2.36. The summed E-state index contributed by atoms with van der Waals surface area (Å²) >= 11 is 1.74. The molecule has 0 bridgehead atoms. The largest absolute Gasteiger partial charge is 0.332 e. The van der Waals surface area contributed by atoms with Crippen LogP contribution in [-0.2, 0) is 4.79 Å². The van der Waals surface area contributed by atoms with Crippen LogP contribution in [0.2, 0.25) is 0 Å². The van der Waals surface area contributed by atoms with Crippen LogP contribution in [0.25, 0.3) is 10.2 Å². The van der Waals surface area contributed by atoms with E-state index >= 15 is 0 Å². The minimum Gasteiger partial charge on any atom is -0.332 e. The van der Waals surface area contributed by atoms with Crippen LogP contribution in [0.4, 0.5) is 0 Å². The van der Waals surface area contributed by atoms with Crippen molar-refractivity contribution in [2.75, 3.05) is 39.8 Å². The van der Waals surface area contributed by atoms with Crippen molar-refractivity contribution >= 4 is 27.5 Å². The maximum Gasteiger partial charge on any atom is 0.240 e. The zero-order valence-corrected chi connectivity index (χ0v) is 15.8. The number of fused-ring (bicyclic) bond motifs is 1. The molecule has 2 aliphatic rings. The smallest absolute Gasteiger partial charge is 0.240 e. The number of para-hydroxylation sites is 1. The first-order valence-electron chi connectivity index (χ1n) is 9.22. The first kappa shape index (κ1) is 16.9. The number of piperazine rings is 1. The quantitative estimate of drug-likeness (QED) is 0.846. The van der Waals surface area contributed by atoms with Crippen molar-refractivity contribution in [1.82, 2.24) is 19.7 Å². The van der Waals surface area contributed by atoms with E-state index in [-0.39, 0.29) is 18.0 Å². The van der Waals surface area contributed by atoms with Gasteiger partial charge in [-0.2, -0.15) is 0 Å². The molecule has 2 atom stereocenters. The highest BCUT2D eigenvalue weighted by molar-refractivity contribution is 7.18. The molecule has 1 aromatic carbocycles.